The SMILES string of the molecule is CCOC(=O)c1coc(N2CC(C)OCC2C)n1. The molecule has 1 aliphatic heterocycles. The van der Waals surface area contributed by atoms with Gasteiger partial charge < -0.3 is 18.8 Å². The van der Waals surface area contributed by atoms with Gasteiger partial charge in [0.2, 0.25) is 0 Å². The van der Waals surface area contributed by atoms with Gasteiger partial charge in [-0.3, -0.25) is 0 Å². The molecule has 0 bridgehead atoms. The third-order valence-electron chi connectivity index (χ3n) is 2.83. The average Bonchev–Trinajstić information content (AvgIpc) is 2.82. The molecule has 1 aliphatic rings. The second-order valence-corrected chi connectivity index (χ2v) is 4.38. The summed E-state index contributed by atoms with van der Waals surface area (Å²) in [5, 5.41) is 0. The maximum Gasteiger partial charge on any atom is 0.360 e. The van der Waals surface area contributed by atoms with Crippen molar-refractivity contribution in [2.45, 2.75) is 32.9 Å². The first kappa shape index (κ1) is 12.9. The molecule has 2 atom stereocenters. The summed E-state index contributed by atoms with van der Waals surface area (Å²) in [6.07, 6.45) is 1.46. The van der Waals surface area contributed by atoms with E-state index in [0.717, 1.165) is 0 Å². The first-order valence-corrected chi connectivity index (χ1v) is 6.12. The number of hydrogen-bond donors (Lipinski definition) is 0. The van der Waals surface area contributed by atoms with Crippen molar-refractivity contribution in [1.82, 2.24) is 4.98 Å². The predicted molar refractivity (Wildman–Crippen MR) is 64.7 cm³/mol. The summed E-state index contributed by atoms with van der Waals surface area (Å²) < 4.78 is 15.8. The van der Waals surface area contributed by atoms with Crippen LogP contribution >= 0.6 is 0 Å². The highest BCUT2D eigenvalue weighted by Crippen LogP contribution is 2.21. The molecular formula is C12H18N2O4. The molecule has 0 aromatic carbocycles. The smallest absolute Gasteiger partial charge is 0.360 e. The lowest BCUT2D eigenvalue weighted by molar-refractivity contribution is 0.0322. The third kappa shape index (κ3) is 2.64. The molecule has 2 heterocycles. The molecule has 1 saturated heterocycles. The van der Waals surface area contributed by atoms with Gasteiger partial charge in [-0.25, -0.2) is 4.79 Å². The van der Waals surface area contributed by atoms with Crippen molar-refractivity contribution in [2.75, 3.05) is 24.7 Å². The second-order valence-electron chi connectivity index (χ2n) is 4.38. The van der Waals surface area contributed by atoms with E-state index in [1.165, 1.54) is 6.26 Å². The van der Waals surface area contributed by atoms with Gasteiger partial charge in [-0.2, -0.15) is 4.98 Å². The van der Waals surface area contributed by atoms with Crippen molar-refractivity contribution in [3.8, 4) is 0 Å². The van der Waals surface area contributed by atoms with E-state index < -0.39 is 5.97 Å². The van der Waals surface area contributed by atoms with E-state index in [9.17, 15) is 4.79 Å². The highest BCUT2D eigenvalue weighted by Gasteiger charge is 2.27. The Hall–Kier alpha value is -1.56. The molecule has 1 fully saturated rings. The maximum absolute atomic E-state index is 11.5. The third-order valence-corrected chi connectivity index (χ3v) is 2.83. The Kier molecular flexibility index (Phi) is 3.86. The van der Waals surface area contributed by atoms with Gasteiger partial charge in [0, 0.05) is 6.54 Å². The van der Waals surface area contributed by atoms with Crippen LogP contribution in [0.1, 0.15) is 31.3 Å². The molecule has 0 N–H and O–H groups in total. The van der Waals surface area contributed by atoms with Crippen LogP contribution < -0.4 is 4.90 Å². The van der Waals surface area contributed by atoms with Crippen LogP contribution in [-0.4, -0.2) is 42.9 Å². The molecule has 18 heavy (non-hydrogen) atoms. The van der Waals surface area contributed by atoms with Gasteiger partial charge in [0.1, 0.15) is 6.26 Å². The summed E-state index contributed by atoms with van der Waals surface area (Å²) in [5.74, 6) is -0.457. The molecule has 1 aromatic rings. The van der Waals surface area contributed by atoms with Crippen molar-refractivity contribution in [3.05, 3.63) is 12.0 Å². The highest BCUT2D eigenvalue weighted by atomic mass is 16.5. The molecular weight excluding hydrogens is 236 g/mol. The predicted octanol–water partition coefficient (Wildman–Crippen LogP) is 1.46. The molecule has 6 nitrogen and oxygen atoms in total. The quantitative estimate of drug-likeness (QED) is 0.761. The maximum atomic E-state index is 11.5. The molecule has 2 unspecified atom stereocenters. The lowest BCUT2D eigenvalue weighted by atomic mass is 10.2. The Balaban J connectivity index is 2.11. The van der Waals surface area contributed by atoms with Crippen molar-refractivity contribution >= 4 is 12.0 Å². The molecule has 100 valence electrons. The van der Waals surface area contributed by atoms with Gasteiger partial charge in [-0.15, -0.1) is 0 Å². The minimum atomic E-state index is -0.457. The first-order chi connectivity index (χ1) is 8.61. The Morgan fingerprint density at radius 1 is 1.61 bits per heavy atom. The van der Waals surface area contributed by atoms with E-state index in [4.69, 9.17) is 13.9 Å². The van der Waals surface area contributed by atoms with Crippen LogP contribution in [0.5, 0.6) is 0 Å². The zero-order valence-corrected chi connectivity index (χ0v) is 10.9. The van der Waals surface area contributed by atoms with E-state index >= 15 is 0 Å². The van der Waals surface area contributed by atoms with Gasteiger partial charge in [0.05, 0.1) is 25.4 Å². The number of oxazole rings is 1. The van der Waals surface area contributed by atoms with Gasteiger partial charge in [-0.05, 0) is 20.8 Å². The number of nitrogens with zero attached hydrogens (tertiary/aromatic N) is 2. The minimum Gasteiger partial charge on any atom is -0.461 e. The van der Waals surface area contributed by atoms with E-state index in [1.807, 2.05) is 18.7 Å². The van der Waals surface area contributed by atoms with Crippen LogP contribution in [0.2, 0.25) is 0 Å². The molecule has 2 rings (SSSR count). The molecule has 0 aliphatic carbocycles. The van der Waals surface area contributed by atoms with Crippen LogP contribution in [0, 0.1) is 0 Å². The summed E-state index contributed by atoms with van der Waals surface area (Å²) in [5.41, 5.74) is 0.207. The fraction of sp³-hybridized carbons (Fsp3) is 0.667. The standard InChI is InChI=1S/C12H18N2O4/c1-4-16-11(15)10-7-18-12(13-10)14-5-9(3)17-6-8(14)2/h7-9H,4-6H2,1-3H3. The normalized spacial score (nSPS) is 24.1. The van der Waals surface area contributed by atoms with Gasteiger partial charge >= 0.3 is 5.97 Å². The number of hydrogen-bond acceptors (Lipinski definition) is 6. The Bertz CT molecular complexity index is 418. The number of carbonyl (C=O) groups is 1. The summed E-state index contributed by atoms with van der Waals surface area (Å²) in [6, 6.07) is 0.621. The second kappa shape index (κ2) is 5.39. The van der Waals surface area contributed by atoms with E-state index in [1.54, 1.807) is 6.92 Å². The zero-order valence-electron chi connectivity index (χ0n) is 10.9. The van der Waals surface area contributed by atoms with Crippen LogP contribution in [0.15, 0.2) is 10.7 Å². The molecule has 0 radical (unpaired) electrons. The summed E-state index contributed by atoms with van der Waals surface area (Å²) in [7, 11) is 0. The molecule has 0 spiro atoms. The zero-order chi connectivity index (χ0) is 13.1. The molecule has 6 heteroatoms. The van der Waals surface area contributed by atoms with E-state index in [0.29, 0.717) is 25.8 Å². The van der Waals surface area contributed by atoms with Crippen LogP contribution in [0.4, 0.5) is 6.01 Å². The lowest BCUT2D eigenvalue weighted by Crippen LogP contribution is -2.47. The monoisotopic (exact) mass is 254 g/mol. The number of anilines is 1. The lowest BCUT2D eigenvalue weighted by Gasteiger charge is -2.35. The number of esters is 1. The highest BCUT2D eigenvalue weighted by molar-refractivity contribution is 5.87. The number of aromatic nitrogens is 1. The number of rotatable bonds is 3. The Morgan fingerprint density at radius 2 is 2.39 bits per heavy atom. The van der Waals surface area contributed by atoms with Crippen LogP contribution in [0.25, 0.3) is 0 Å². The largest absolute Gasteiger partial charge is 0.461 e. The molecule has 0 amide bonds. The van der Waals surface area contributed by atoms with Crippen molar-refractivity contribution in [3.63, 3.8) is 0 Å². The van der Waals surface area contributed by atoms with Gasteiger partial charge in [0.25, 0.3) is 6.01 Å². The molecule has 1 aromatic heterocycles. The van der Waals surface area contributed by atoms with Gasteiger partial charge in [0.15, 0.2) is 5.69 Å². The number of ether oxygens (including phenoxy) is 2. The minimum absolute atomic E-state index is 0.124. The summed E-state index contributed by atoms with van der Waals surface area (Å²) in [4.78, 5) is 17.7. The van der Waals surface area contributed by atoms with Crippen molar-refractivity contribution < 1.29 is 18.7 Å². The summed E-state index contributed by atoms with van der Waals surface area (Å²) >= 11 is 0. The molecule has 0 saturated carbocycles. The average molecular weight is 254 g/mol. The van der Waals surface area contributed by atoms with Crippen LogP contribution in [-0.2, 0) is 9.47 Å². The van der Waals surface area contributed by atoms with Crippen LogP contribution in [0.3, 0.4) is 0 Å². The van der Waals surface area contributed by atoms with Crippen molar-refractivity contribution in [2.24, 2.45) is 0 Å². The summed E-state index contributed by atoms with van der Waals surface area (Å²) in [6.45, 7) is 7.42. The fourth-order valence-corrected chi connectivity index (χ4v) is 1.86. The fourth-order valence-electron chi connectivity index (χ4n) is 1.86. The number of morpholine rings is 1. The first-order valence-electron chi connectivity index (χ1n) is 6.12. The topological polar surface area (TPSA) is 64.8 Å². The number of carbonyl (C=O) groups excluding carboxylic acids is 1. The Labute approximate surface area is 106 Å². The van der Waals surface area contributed by atoms with E-state index in [2.05, 4.69) is 4.98 Å². The van der Waals surface area contributed by atoms with E-state index in [-0.39, 0.29) is 17.8 Å². The van der Waals surface area contributed by atoms with Crippen molar-refractivity contribution in [1.29, 1.82) is 0 Å². The Morgan fingerprint density at radius 3 is 3.11 bits per heavy atom. The van der Waals surface area contributed by atoms with Gasteiger partial charge in [-0.1, -0.05) is 0 Å².